The molecule has 0 atom stereocenters. The maximum absolute atomic E-state index is 13.1. The molecule has 1 amide bonds. The number of unbranched alkanes of at least 4 members (excludes halogenated alkanes) is 1. The maximum Gasteiger partial charge on any atom is 0.254 e. The van der Waals surface area contributed by atoms with Gasteiger partial charge in [0.1, 0.15) is 0 Å². The number of hydrogen-bond donors (Lipinski definition) is 2. The average molecular weight is 410 g/mol. The van der Waals surface area contributed by atoms with E-state index in [1.807, 2.05) is 56.5 Å². The van der Waals surface area contributed by atoms with Gasteiger partial charge in [-0.15, -0.1) is 18.3 Å². The highest BCUT2D eigenvalue weighted by Crippen LogP contribution is 2.26. The minimum absolute atomic E-state index is 0.154. The number of amides is 1. The summed E-state index contributed by atoms with van der Waals surface area (Å²) < 4.78 is 2.19. The van der Waals surface area contributed by atoms with Gasteiger partial charge in [0.25, 0.3) is 11.5 Å². The highest BCUT2D eigenvalue weighted by Gasteiger charge is 2.20. The van der Waals surface area contributed by atoms with Gasteiger partial charge in [0, 0.05) is 45.8 Å². The van der Waals surface area contributed by atoms with Crippen molar-refractivity contribution in [1.29, 1.82) is 0 Å². The van der Waals surface area contributed by atoms with Crippen LogP contribution in [0.4, 0.5) is 0 Å². The molecule has 0 aliphatic heterocycles. The number of allylic oxidation sites excluding steroid dienone is 1. The molecule has 0 fully saturated rings. The number of nitrogens with one attached hydrogen (secondary N) is 2. The summed E-state index contributed by atoms with van der Waals surface area (Å²) in [7, 11) is 0. The Balaban J connectivity index is 1.91. The van der Waals surface area contributed by atoms with Crippen LogP contribution in [0.15, 0.2) is 52.7 Å². The molecule has 2 N–H and O–H groups in total. The van der Waals surface area contributed by atoms with Crippen LogP contribution in [-0.2, 0) is 13.1 Å². The normalized spacial score (nSPS) is 11.0. The lowest BCUT2D eigenvalue weighted by Crippen LogP contribution is -2.28. The fourth-order valence-electron chi connectivity index (χ4n) is 3.69. The SMILES string of the molecule is C=CCCCn1c(C)c(C(=O)NCc2c(SC)cc(C)[nH]c2=O)c2ccccc21. The molecule has 1 aromatic carbocycles. The van der Waals surface area contributed by atoms with E-state index in [1.165, 1.54) is 11.8 Å². The largest absolute Gasteiger partial charge is 0.348 e. The predicted molar refractivity (Wildman–Crippen MR) is 121 cm³/mol. The smallest absolute Gasteiger partial charge is 0.254 e. The summed E-state index contributed by atoms with van der Waals surface area (Å²) in [5, 5.41) is 3.90. The molecule has 0 aliphatic rings. The number of nitrogens with zero attached hydrogens (tertiary/aromatic N) is 1. The van der Waals surface area contributed by atoms with Crippen molar-refractivity contribution in [2.24, 2.45) is 0 Å². The summed E-state index contributed by atoms with van der Waals surface area (Å²) in [6, 6.07) is 9.90. The van der Waals surface area contributed by atoms with Crippen LogP contribution in [0, 0.1) is 13.8 Å². The molecule has 2 heterocycles. The minimum Gasteiger partial charge on any atom is -0.348 e. The van der Waals surface area contributed by atoms with Crippen molar-refractivity contribution < 1.29 is 4.79 Å². The Morgan fingerprint density at radius 3 is 2.79 bits per heavy atom. The van der Waals surface area contributed by atoms with E-state index < -0.39 is 0 Å². The number of benzene rings is 1. The molecule has 3 aromatic rings. The summed E-state index contributed by atoms with van der Waals surface area (Å²) >= 11 is 1.51. The van der Waals surface area contributed by atoms with Crippen LogP contribution in [0.1, 0.15) is 40.2 Å². The third-order valence-corrected chi connectivity index (χ3v) is 5.93. The number of carbonyl (C=O) groups is 1. The Bertz CT molecular complexity index is 1110. The number of H-pyrrole nitrogens is 1. The van der Waals surface area contributed by atoms with Crippen LogP contribution >= 0.6 is 11.8 Å². The molecule has 5 nitrogen and oxygen atoms in total. The molecule has 0 radical (unpaired) electrons. The number of aromatic nitrogens is 2. The number of pyridine rings is 1. The average Bonchev–Trinajstić information content (AvgIpc) is 2.98. The second-order valence-electron chi connectivity index (χ2n) is 7.07. The Morgan fingerprint density at radius 2 is 2.07 bits per heavy atom. The van der Waals surface area contributed by atoms with Crippen molar-refractivity contribution in [2.45, 2.75) is 44.7 Å². The fraction of sp³-hybridized carbons (Fsp3) is 0.304. The zero-order chi connectivity index (χ0) is 21.0. The first-order valence-corrected chi connectivity index (χ1v) is 10.9. The summed E-state index contributed by atoms with van der Waals surface area (Å²) in [6.07, 6.45) is 5.75. The van der Waals surface area contributed by atoms with E-state index in [4.69, 9.17) is 0 Å². The zero-order valence-electron chi connectivity index (χ0n) is 17.2. The Hall–Kier alpha value is -2.73. The quantitative estimate of drug-likeness (QED) is 0.325. The lowest BCUT2D eigenvalue weighted by molar-refractivity contribution is 0.0951. The van der Waals surface area contributed by atoms with E-state index in [9.17, 15) is 9.59 Å². The van der Waals surface area contributed by atoms with Gasteiger partial charge in [-0.1, -0.05) is 24.3 Å². The predicted octanol–water partition coefficient (Wildman–Crippen LogP) is 4.56. The van der Waals surface area contributed by atoms with Crippen LogP contribution < -0.4 is 10.9 Å². The van der Waals surface area contributed by atoms with E-state index in [2.05, 4.69) is 21.4 Å². The highest BCUT2D eigenvalue weighted by atomic mass is 32.2. The fourth-order valence-corrected chi connectivity index (χ4v) is 4.40. The van der Waals surface area contributed by atoms with Crippen LogP contribution in [0.2, 0.25) is 0 Å². The van der Waals surface area contributed by atoms with Crippen molar-refractivity contribution in [3.8, 4) is 0 Å². The van der Waals surface area contributed by atoms with E-state index >= 15 is 0 Å². The zero-order valence-corrected chi connectivity index (χ0v) is 18.0. The third kappa shape index (κ3) is 4.32. The van der Waals surface area contributed by atoms with Gasteiger partial charge in [0.15, 0.2) is 0 Å². The molecule has 152 valence electrons. The van der Waals surface area contributed by atoms with Crippen LogP contribution in [0.5, 0.6) is 0 Å². The Kier molecular flexibility index (Phi) is 6.64. The molecule has 3 rings (SSSR count). The number of carbonyl (C=O) groups excluding carboxylic acids is 1. The maximum atomic E-state index is 13.1. The van der Waals surface area contributed by atoms with Gasteiger partial charge in [0.2, 0.25) is 0 Å². The Labute approximate surface area is 175 Å². The third-order valence-electron chi connectivity index (χ3n) is 5.12. The van der Waals surface area contributed by atoms with Crippen LogP contribution in [0.3, 0.4) is 0 Å². The van der Waals surface area contributed by atoms with Crippen molar-refractivity contribution in [3.05, 3.63) is 75.9 Å². The number of aromatic amines is 1. The molecular weight excluding hydrogens is 382 g/mol. The molecule has 0 unspecified atom stereocenters. The molecular formula is C23H27N3O2S. The molecule has 0 aliphatic carbocycles. The number of hydrogen-bond acceptors (Lipinski definition) is 3. The number of aryl methyl sites for hydroxylation is 2. The monoisotopic (exact) mass is 409 g/mol. The van der Waals surface area contributed by atoms with Crippen molar-refractivity contribution in [3.63, 3.8) is 0 Å². The molecule has 0 saturated heterocycles. The van der Waals surface area contributed by atoms with E-state index in [0.29, 0.717) is 11.1 Å². The second-order valence-corrected chi connectivity index (χ2v) is 7.92. The van der Waals surface area contributed by atoms with Gasteiger partial charge < -0.3 is 14.9 Å². The number of rotatable bonds is 8. The standard InChI is InChI=1S/C23H27N3O2S/c1-5-6-9-12-26-16(3)21(17-10-7-8-11-19(17)26)23(28)24-14-18-20(29-4)13-15(2)25-22(18)27/h5,7-8,10-11,13H,1,6,9,12,14H2,2-4H3,(H,24,28)(H,25,27). The molecule has 29 heavy (non-hydrogen) atoms. The molecule has 2 aromatic heterocycles. The molecule has 0 bridgehead atoms. The van der Waals surface area contributed by atoms with E-state index in [0.717, 1.165) is 46.6 Å². The summed E-state index contributed by atoms with van der Waals surface area (Å²) in [4.78, 5) is 29.2. The number of fused-ring (bicyclic) bond motifs is 1. The first kappa shape index (κ1) is 21.0. The summed E-state index contributed by atoms with van der Waals surface area (Å²) in [6.45, 7) is 8.65. The van der Waals surface area contributed by atoms with Gasteiger partial charge in [-0.25, -0.2) is 0 Å². The van der Waals surface area contributed by atoms with Crippen molar-refractivity contribution in [1.82, 2.24) is 14.9 Å². The van der Waals surface area contributed by atoms with Gasteiger partial charge in [-0.2, -0.15) is 0 Å². The van der Waals surface area contributed by atoms with Gasteiger partial charge in [-0.05, 0) is 45.1 Å². The van der Waals surface area contributed by atoms with Crippen molar-refractivity contribution >= 4 is 28.6 Å². The topological polar surface area (TPSA) is 66.9 Å². The number of para-hydroxylation sites is 1. The van der Waals surface area contributed by atoms with Gasteiger partial charge in [-0.3, -0.25) is 9.59 Å². The van der Waals surface area contributed by atoms with Crippen LogP contribution in [0.25, 0.3) is 10.9 Å². The lowest BCUT2D eigenvalue weighted by atomic mass is 10.1. The molecule has 0 saturated carbocycles. The van der Waals surface area contributed by atoms with Crippen molar-refractivity contribution in [2.75, 3.05) is 6.26 Å². The summed E-state index contributed by atoms with van der Waals surface area (Å²) in [5.41, 5.74) is 3.91. The second kappa shape index (κ2) is 9.18. The first-order chi connectivity index (χ1) is 14.0. The van der Waals surface area contributed by atoms with Crippen LogP contribution in [-0.4, -0.2) is 21.7 Å². The number of thioether (sulfide) groups is 1. The van der Waals surface area contributed by atoms with Gasteiger partial charge in [0.05, 0.1) is 5.56 Å². The first-order valence-electron chi connectivity index (χ1n) is 9.71. The molecule has 0 spiro atoms. The summed E-state index contributed by atoms with van der Waals surface area (Å²) in [5.74, 6) is -0.159. The Morgan fingerprint density at radius 1 is 1.31 bits per heavy atom. The highest BCUT2D eigenvalue weighted by molar-refractivity contribution is 7.98. The molecule has 6 heteroatoms. The van der Waals surface area contributed by atoms with E-state index in [1.54, 1.807) is 0 Å². The van der Waals surface area contributed by atoms with E-state index in [-0.39, 0.29) is 18.0 Å². The minimum atomic E-state index is -0.159. The van der Waals surface area contributed by atoms with Gasteiger partial charge >= 0.3 is 0 Å². The lowest BCUT2D eigenvalue weighted by Gasteiger charge is -2.10.